The lowest BCUT2D eigenvalue weighted by molar-refractivity contribution is -0.142. The SMILES string of the molecule is O=C1[C@@H](c2c[nH]c3ccccc23)[C@H](c2cn3c4c(cccc24)CCC3)C(=O)N1COP(=O)(O)O. The number of benzene rings is 2. The number of para-hydroxylation sites is 2. The molecule has 0 aliphatic carbocycles. The highest BCUT2D eigenvalue weighted by molar-refractivity contribution is 7.46. The van der Waals surface area contributed by atoms with E-state index >= 15 is 0 Å². The number of hydrogen-bond donors (Lipinski definition) is 3. The summed E-state index contributed by atoms with van der Waals surface area (Å²) in [6.45, 7) is 0.0202. The van der Waals surface area contributed by atoms with Crippen LogP contribution in [0.25, 0.3) is 21.8 Å². The van der Waals surface area contributed by atoms with Crippen LogP contribution in [0.5, 0.6) is 0 Å². The number of likely N-dealkylation sites (tertiary alicyclic amines) is 1. The molecule has 9 nitrogen and oxygen atoms in total. The van der Waals surface area contributed by atoms with Crippen molar-refractivity contribution in [2.75, 3.05) is 6.73 Å². The quantitative estimate of drug-likeness (QED) is 0.298. The molecule has 0 spiro atoms. The number of aromatic nitrogens is 2. The van der Waals surface area contributed by atoms with Crippen molar-refractivity contribution in [1.82, 2.24) is 14.5 Å². The molecular formula is C24H22N3O6P. The predicted octanol–water partition coefficient (Wildman–Crippen LogP) is 3.37. The number of amides is 2. The van der Waals surface area contributed by atoms with Crippen molar-refractivity contribution in [3.8, 4) is 0 Å². The van der Waals surface area contributed by atoms with Crippen LogP contribution >= 0.6 is 7.82 Å². The minimum Gasteiger partial charge on any atom is -0.361 e. The van der Waals surface area contributed by atoms with Gasteiger partial charge in [0.25, 0.3) is 0 Å². The van der Waals surface area contributed by atoms with Gasteiger partial charge in [-0.25, -0.2) is 4.57 Å². The van der Waals surface area contributed by atoms with Gasteiger partial charge in [0.05, 0.1) is 17.4 Å². The van der Waals surface area contributed by atoms with Crippen LogP contribution in [0.3, 0.4) is 0 Å². The largest absolute Gasteiger partial charge is 0.471 e. The van der Waals surface area contributed by atoms with E-state index in [0.29, 0.717) is 5.56 Å². The Bertz CT molecular complexity index is 1520. The van der Waals surface area contributed by atoms with E-state index in [1.807, 2.05) is 42.6 Å². The fourth-order valence-corrected chi connectivity index (χ4v) is 5.76. The van der Waals surface area contributed by atoms with Gasteiger partial charge in [-0.2, -0.15) is 0 Å². The first-order valence-corrected chi connectivity index (χ1v) is 12.6. The van der Waals surface area contributed by atoms with E-state index in [4.69, 9.17) is 0 Å². The number of aromatic amines is 1. The van der Waals surface area contributed by atoms with Crippen LogP contribution < -0.4 is 0 Å². The van der Waals surface area contributed by atoms with Gasteiger partial charge in [0.2, 0.25) is 11.8 Å². The van der Waals surface area contributed by atoms with E-state index in [-0.39, 0.29) is 0 Å². The van der Waals surface area contributed by atoms with Crippen LogP contribution in [0.4, 0.5) is 0 Å². The number of imide groups is 1. The summed E-state index contributed by atoms with van der Waals surface area (Å²) in [5.74, 6) is -2.77. The van der Waals surface area contributed by atoms with Crippen molar-refractivity contribution in [2.24, 2.45) is 0 Å². The van der Waals surface area contributed by atoms with Crippen molar-refractivity contribution in [3.63, 3.8) is 0 Å². The number of fused-ring (bicyclic) bond motifs is 1. The van der Waals surface area contributed by atoms with Gasteiger partial charge in [-0.15, -0.1) is 0 Å². The first-order chi connectivity index (χ1) is 16.3. The first-order valence-electron chi connectivity index (χ1n) is 11.1. The Hall–Kier alpha value is -3.23. The Kier molecular flexibility index (Phi) is 4.79. The van der Waals surface area contributed by atoms with Gasteiger partial charge in [-0.1, -0.05) is 36.4 Å². The zero-order valence-electron chi connectivity index (χ0n) is 18.0. The fourth-order valence-electron chi connectivity index (χ4n) is 5.50. The van der Waals surface area contributed by atoms with Crippen LogP contribution in [-0.4, -0.2) is 42.8 Å². The highest BCUT2D eigenvalue weighted by Gasteiger charge is 2.51. The molecule has 0 bridgehead atoms. The molecule has 2 aromatic heterocycles. The molecule has 0 radical (unpaired) electrons. The number of hydrogen-bond acceptors (Lipinski definition) is 4. The summed E-state index contributed by atoms with van der Waals surface area (Å²) in [5.41, 5.74) is 4.53. The topological polar surface area (TPSA) is 125 Å². The van der Waals surface area contributed by atoms with Gasteiger partial charge in [0, 0.05) is 35.2 Å². The molecule has 6 rings (SSSR count). The molecule has 2 amide bonds. The molecule has 10 heteroatoms. The van der Waals surface area contributed by atoms with E-state index in [0.717, 1.165) is 51.7 Å². The molecule has 2 aliphatic heterocycles. The molecule has 2 aliphatic rings. The molecule has 0 saturated carbocycles. The summed E-state index contributed by atoms with van der Waals surface area (Å²) >= 11 is 0. The summed E-state index contributed by atoms with van der Waals surface area (Å²) in [6, 6.07) is 13.5. The molecule has 1 saturated heterocycles. The highest BCUT2D eigenvalue weighted by atomic mass is 31.2. The summed E-state index contributed by atoms with van der Waals surface area (Å²) in [6.07, 6.45) is 5.64. The average Bonchev–Trinajstić information content (AvgIpc) is 3.46. The van der Waals surface area contributed by atoms with Crippen molar-refractivity contribution in [3.05, 3.63) is 71.5 Å². The lowest BCUT2D eigenvalue weighted by atomic mass is 9.83. The van der Waals surface area contributed by atoms with Crippen LogP contribution in [0.2, 0.25) is 0 Å². The number of phosphoric acid groups is 1. The van der Waals surface area contributed by atoms with Crippen LogP contribution in [0, 0.1) is 0 Å². The Balaban J connectivity index is 1.53. The smallest absolute Gasteiger partial charge is 0.361 e. The molecule has 3 N–H and O–H groups in total. The Morgan fingerprint density at radius 1 is 1.00 bits per heavy atom. The molecule has 4 heterocycles. The second-order valence-electron chi connectivity index (χ2n) is 8.79. The molecule has 174 valence electrons. The minimum absolute atomic E-state index is 0.530. The zero-order valence-corrected chi connectivity index (χ0v) is 18.9. The minimum atomic E-state index is -4.88. The second-order valence-corrected chi connectivity index (χ2v) is 10.0. The molecule has 34 heavy (non-hydrogen) atoms. The van der Waals surface area contributed by atoms with Gasteiger partial charge in [-0.3, -0.25) is 19.0 Å². The van der Waals surface area contributed by atoms with Crippen molar-refractivity contribution in [2.45, 2.75) is 31.2 Å². The number of carbonyl (C=O) groups is 2. The van der Waals surface area contributed by atoms with Gasteiger partial charge in [0.15, 0.2) is 0 Å². The number of rotatable bonds is 5. The molecule has 2 atom stereocenters. The van der Waals surface area contributed by atoms with Crippen molar-refractivity contribution < 1.29 is 28.5 Å². The molecular weight excluding hydrogens is 457 g/mol. The van der Waals surface area contributed by atoms with E-state index in [1.54, 1.807) is 6.20 Å². The lowest BCUT2D eigenvalue weighted by Crippen LogP contribution is -2.32. The Morgan fingerprint density at radius 3 is 2.53 bits per heavy atom. The average molecular weight is 479 g/mol. The zero-order chi connectivity index (χ0) is 23.6. The maximum atomic E-state index is 13.7. The summed E-state index contributed by atoms with van der Waals surface area (Å²) in [4.78, 5) is 49.6. The number of H-pyrrole nitrogens is 1. The third kappa shape index (κ3) is 3.24. The van der Waals surface area contributed by atoms with Crippen LogP contribution in [0.15, 0.2) is 54.9 Å². The van der Waals surface area contributed by atoms with Crippen LogP contribution in [-0.2, 0) is 31.6 Å². The van der Waals surface area contributed by atoms with E-state index in [1.165, 1.54) is 5.56 Å². The molecule has 1 fully saturated rings. The highest BCUT2D eigenvalue weighted by Crippen LogP contribution is 2.47. The number of phosphoric ester groups is 1. The first kappa shape index (κ1) is 21.3. The lowest BCUT2D eigenvalue weighted by Gasteiger charge is -2.15. The number of nitrogens with one attached hydrogen (secondary N) is 1. The van der Waals surface area contributed by atoms with Gasteiger partial charge < -0.3 is 19.3 Å². The Morgan fingerprint density at radius 2 is 1.74 bits per heavy atom. The second kappa shape index (κ2) is 7.65. The summed E-state index contributed by atoms with van der Waals surface area (Å²) < 4.78 is 18.0. The van der Waals surface area contributed by atoms with E-state index < -0.39 is 38.2 Å². The van der Waals surface area contributed by atoms with Gasteiger partial charge in [0.1, 0.15) is 6.73 Å². The number of nitrogens with zero attached hydrogens (tertiary/aromatic N) is 2. The van der Waals surface area contributed by atoms with E-state index in [2.05, 4.69) is 20.1 Å². The standard InChI is InChI=1S/C24H22N3O6P/c28-23-20(17-11-25-19-9-2-1-7-15(17)19)21(24(29)27(23)13-33-34(30,31)32)18-12-26-10-4-6-14-5-3-8-16(18)22(14)26/h1-3,5,7-9,11-12,20-21,25H,4,6,10,13H2,(H2,30,31,32)/t20-,21-/m0/s1. The van der Waals surface area contributed by atoms with E-state index in [9.17, 15) is 23.9 Å². The molecule has 2 aromatic carbocycles. The number of carbonyl (C=O) groups excluding carboxylic acids is 2. The normalized spacial score (nSPS) is 20.7. The van der Waals surface area contributed by atoms with Crippen molar-refractivity contribution >= 4 is 41.4 Å². The Labute approximate surface area is 194 Å². The molecule has 0 unspecified atom stereocenters. The van der Waals surface area contributed by atoms with Crippen LogP contribution in [0.1, 0.15) is 34.9 Å². The maximum Gasteiger partial charge on any atom is 0.471 e. The van der Waals surface area contributed by atoms with Crippen molar-refractivity contribution in [1.29, 1.82) is 0 Å². The number of aryl methyl sites for hydroxylation is 2. The summed E-state index contributed by atoms with van der Waals surface area (Å²) in [5, 5.41) is 1.75. The van der Waals surface area contributed by atoms with Gasteiger partial charge in [-0.05, 0) is 35.6 Å². The third-order valence-corrected chi connectivity index (χ3v) is 7.35. The predicted molar refractivity (Wildman–Crippen MR) is 124 cm³/mol. The van der Waals surface area contributed by atoms with Gasteiger partial charge >= 0.3 is 7.82 Å². The fraction of sp³-hybridized carbons (Fsp3) is 0.250. The summed E-state index contributed by atoms with van der Waals surface area (Å²) in [7, 11) is -4.88. The third-order valence-electron chi connectivity index (χ3n) is 6.90. The maximum absolute atomic E-state index is 13.7. The molecule has 4 aromatic rings. The monoisotopic (exact) mass is 479 g/mol.